The summed E-state index contributed by atoms with van der Waals surface area (Å²) in [5.74, 6) is 0. The molecule has 110 valence electrons. The molecule has 1 aliphatic rings. The van der Waals surface area contributed by atoms with Gasteiger partial charge in [-0.2, -0.15) is 0 Å². The van der Waals surface area contributed by atoms with Gasteiger partial charge >= 0.3 is 6.03 Å². The largest absolute Gasteiger partial charge is 0.387 e. The molecular formula is C15H22N2O3. The van der Waals surface area contributed by atoms with Gasteiger partial charge in [0.25, 0.3) is 0 Å². The van der Waals surface area contributed by atoms with E-state index in [1.54, 1.807) is 0 Å². The third kappa shape index (κ3) is 3.95. The number of nitrogens with one attached hydrogen (secondary N) is 2. The Hall–Kier alpha value is -1.59. The molecule has 1 aliphatic heterocycles. The van der Waals surface area contributed by atoms with Crippen LogP contribution in [0.2, 0.25) is 0 Å². The molecule has 1 heterocycles. The van der Waals surface area contributed by atoms with Gasteiger partial charge < -0.3 is 20.5 Å². The molecular weight excluding hydrogens is 256 g/mol. The van der Waals surface area contributed by atoms with Crippen molar-refractivity contribution >= 4 is 6.03 Å². The van der Waals surface area contributed by atoms with Crippen LogP contribution in [0.1, 0.15) is 30.6 Å². The Morgan fingerprint density at radius 3 is 3.00 bits per heavy atom. The predicted molar refractivity (Wildman–Crippen MR) is 76.5 cm³/mol. The molecule has 0 aliphatic carbocycles. The molecule has 3 unspecified atom stereocenters. The van der Waals surface area contributed by atoms with Crippen LogP contribution in [0.5, 0.6) is 0 Å². The molecule has 1 aromatic carbocycles. The highest BCUT2D eigenvalue weighted by molar-refractivity contribution is 5.74. The first-order valence-electron chi connectivity index (χ1n) is 6.97. The van der Waals surface area contributed by atoms with Crippen molar-refractivity contribution in [2.24, 2.45) is 0 Å². The summed E-state index contributed by atoms with van der Waals surface area (Å²) >= 11 is 0. The summed E-state index contributed by atoms with van der Waals surface area (Å²) in [6.45, 7) is 4.78. The van der Waals surface area contributed by atoms with Gasteiger partial charge in [0.2, 0.25) is 0 Å². The highest BCUT2D eigenvalue weighted by Crippen LogP contribution is 2.14. The predicted octanol–water partition coefficient (Wildman–Crippen LogP) is 1.51. The zero-order valence-electron chi connectivity index (χ0n) is 11.9. The quantitative estimate of drug-likeness (QED) is 0.781. The number of hydrogen-bond donors (Lipinski definition) is 3. The smallest absolute Gasteiger partial charge is 0.315 e. The zero-order valence-corrected chi connectivity index (χ0v) is 11.9. The second-order valence-electron chi connectivity index (χ2n) is 5.26. The fourth-order valence-electron chi connectivity index (χ4n) is 2.33. The van der Waals surface area contributed by atoms with E-state index in [0.29, 0.717) is 6.61 Å². The van der Waals surface area contributed by atoms with Crippen LogP contribution < -0.4 is 10.6 Å². The van der Waals surface area contributed by atoms with Gasteiger partial charge in [0.1, 0.15) is 0 Å². The minimum atomic E-state index is -0.696. The summed E-state index contributed by atoms with van der Waals surface area (Å²) in [5, 5.41) is 15.6. The molecule has 5 heteroatoms. The standard InChI is InChI=1S/C15H22N2O3/c1-10-4-3-5-12(8-10)14(18)9-16-15(19)17-13-6-7-20-11(13)2/h3-5,8,11,13-14,18H,6-7,9H2,1-2H3,(H2,16,17,19). The second-order valence-corrected chi connectivity index (χ2v) is 5.26. The Balaban J connectivity index is 1.78. The van der Waals surface area contributed by atoms with Crippen LogP contribution in [-0.4, -0.2) is 36.4 Å². The number of aryl methyl sites for hydroxylation is 1. The lowest BCUT2D eigenvalue weighted by molar-refractivity contribution is 0.113. The molecule has 0 bridgehead atoms. The summed E-state index contributed by atoms with van der Waals surface area (Å²) in [4.78, 5) is 11.8. The van der Waals surface area contributed by atoms with Gasteiger partial charge in [-0.3, -0.25) is 0 Å². The average Bonchev–Trinajstić information content (AvgIpc) is 2.81. The summed E-state index contributed by atoms with van der Waals surface area (Å²) in [5.41, 5.74) is 1.89. The van der Waals surface area contributed by atoms with Gasteiger partial charge in [0.15, 0.2) is 0 Å². The molecule has 20 heavy (non-hydrogen) atoms. The molecule has 1 saturated heterocycles. The van der Waals surface area contributed by atoms with Gasteiger partial charge in [-0.25, -0.2) is 4.79 Å². The number of rotatable bonds is 4. The Bertz CT molecular complexity index is 464. The average molecular weight is 278 g/mol. The monoisotopic (exact) mass is 278 g/mol. The van der Waals surface area contributed by atoms with Crippen LogP contribution in [0, 0.1) is 6.92 Å². The lowest BCUT2D eigenvalue weighted by Gasteiger charge is -2.18. The SMILES string of the molecule is Cc1cccc(C(O)CNC(=O)NC2CCOC2C)c1. The number of ether oxygens (including phenoxy) is 1. The van der Waals surface area contributed by atoms with E-state index in [1.807, 2.05) is 38.1 Å². The fraction of sp³-hybridized carbons (Fsp3) is 0.533. The maximum absolute atomic E-state index is 11.8. The molecule has 0 spiro atoms. The molecule has 0 saturated carbocycles. The number of hydrogen-bond acceptors (Lipinski definition) is 3. The lowest BCUT2D eigenvalue weighted by atomic mass is 10.1. The highest BCUT2D eigenvalue weighted by atomic mass is 16.5. The second kappa shape index (κ2) is 6.72. The van der Waals surface area contributed by atoms with Crippen molar-refractivity contribution in [3.8, 4) is 0 Å². The van der Waals surface area contributed by atoms with E-state index in [1.165, 1.54) is 0 Å². The number of amides is 2. The minimum Gasteiger partial charge on any atom is -0.387 e. The van der Waals surface area contributed by atoms with E-state index >= 15 is 0 Å². The summed E-state index contributed by atoms with van der Waals surface area (Å²) < 4.78 is 5.38. The van der Waals surface area contributed by atoms with E-state index in [9.17, 15) is 9.90 Å². The summed E-state index contributed by atoms with van der Waals surface area (Å²) in [6.07, 6.45) is 0.176. The molecule has 3 atom stereocenters. The summed E-state index contributed by atoms with van der Waals surface area (Å²) in [7, 11) is 0. The Kier molecular flexibility index (Phi) is 4.98. The molecule has 5 nitrogen and oxygen atoms in total. The van der Waals surface area contributed by atoms with Crippen molar-refractivity contribution in [2.75, 3.05) is 13.2 Å². The van der Waals surface area contributed by atoms with E-state index in [2.05, 4.69) is 10.6 Å². The van der Waals surface area contributed by atoms with Gasteiger partial charge in [-0.1, -0.05) is 29.8 Å². The van der Waals surface area contributed by atoms with Crippen molar-refractivity contribution in [1.82, 2.24) is 10.6 Å². The van der Waals surface area contributed by atoms with E-state index in [4.69, 9.17) is 4.74 Å². The zero-order chi connectivity index (χ0) is 14.5. The van der Waals surface area contributed by atoms with E-state index in [-0.39, 0.29) is 24.7 Å². The molecule has 2 amide bonds. The first kappa shape index (κ1) is 14.8. The molecule has 2 rings (SSSR count). The summed E-state index contributed by atoms with van der Waals surface area (Å²) in [6, 6.07) is 7.41. The normalized spacial score (nSPS) is 23.4. The highest BCUT2D eigenvalue weighted by Gasteiger charge is 2.25. The maximum Gasteiger partial charge on any atom is 0.315 e. The number of aliphatic hydroxyl groups excluding tert-OH is 1. The van der Waals surface area contributed by atoms with Crippen molar-refractivity contribution in [2.45, 2.75) is 38.5 Å². The van der Waals surface area contributed by atoms with Gasteiger partial charge in [-0.15, -0.1) is 0 Å². The van der Waals surface area contributed by atoms with Gasteiger partial charge in [0.05, 0.1) is 18.2 Å². The molecule has 3 N–H and O–H groups in total. The van der Waals surface area contributed by atoms with Crippen LogP contribution in [0.4, 0.5) is 4.79 Å². The van der Waals surface area contributed by atoms with Crippen LogP contribution in [0.25, 0.3) is 0 Å². The molecule has 1 fully saturated rings. The van der Waals surface area contributed by atoms with Crippen molar-refractivity contribution in [3.05, 3.63) is 35.4 Å². The van der Waals surface area contributed by atoms with E-state index < -0.39 is 6.10 Å². The third-order valence-electron chi connectivity index (χ3n) is 3.58. The van der Waals surface area contributed by atoms with Crippen molar-refractivity contribution < 1.29 is 14.6 Å². The number of carbonyl (C=O) groups is 1. The van der Waals surface area contributed by atoms with Crippen LogP contribution in [0.3, 0.4) is 0 Å². The van der Waals surface area contributed by atoms with Gasteiger partial charge in [-0.05, 0) is 25.8 Å². The maximum atomic E-state index is 11.8. The molecule has 0 aromatic heterocycles. The fourth-order valence-corrected chi connectivity index (χ4v) is 2.33. The van der Waals surface area contributed by atoms with Crippen LogP contribution in [-0.2, 0) is 4.74 Å². The number of aliphatic hydroxyl groups is 1. The Morgan fingerprint density at radius 2 is 2.35 bits per heavy atom. The van der Waals surface area contributed by atoms with Crippen molar-refractivity contribution in [1.29, 1.82) is 0 Å². The topological polar surface area (TPSA) is 70.6 Å². The van der Waals surface area contributed by atoms with Crippen LogP contribution in [0.15, 0.2) is 24.3 Å². The Morgan fingerprint density at radius 1 is 1.55 bits per heavy atom. The van der Waals surface area contributed by atoms with E-state index in [0.717, 1.165) is 17.5 Å². The van der Waals surface area contributed by atoms with Crippen LogP contribution >= 0.6 is 0 Å². The molecule has 1 aromatic rings. The first-order chi connectivity index (χ1) is 9.56. The number of urea groups is 1. The number of carbonyl (C=O) groups excluding carboxylic acids is 1. The third-order valence-corrected chi connectivity index (χ3v) is 3.58. The van der Waals surface area contributed by atoms with Crippen molar-refractivity contribution in [3.63, 3.8) is 0 Å². The minimum absolute atomic E-state index is 0.0439. The lowest BCUT2D eigenvalue weighted by Crippen LogP contribution is -2.45. The first-order valence-corrected chi connectivity index (χ1v) is 6.97. The Labute approximate surface area is 119 Å². The number of benzene rings is 1. The molecule has 0 radical (unpaired) electrons. The van der Waals surface area contributed by atoms with Gasteiger partial charge in [0, 0.05) is 13.2 Å².